The van der Waals surface area contributed by atoms with E-state index in [4.69, 9.17) is 9.47 Å². The van der Waals surface area contributed by atoms with Gasteiger partial charge in [-0.3, -0.25) is 0 Å². The fourth-order valence-corrected chi connectivity index (χ4v) is 2.26. The lowest BCUT2D eigenvalue weighted by Gasteiger charge is -2.22. The van der Waals surface area contributed by atoms with Crippen molar-refractivity contribution in [2.75, 3.05) is 32.9 Å². The molecule has 1 N–H and O–H groups in total. The first-order valence-electron chi connectivity index (χ1n) is 6.91. The van der Waals surface area contributed by atoms with Gasteiger partial charge in [-0.25, -0.2) is 0 Å². The Balaban J connectivity index is 1.46. The molecule has 100 valence electrons. The van der Waals surface area contributed by atoms with Gasteiger partial charge in [0.1, 0.15) is 12.4 Å². The van der Waals surface area contributed by atoms with Crippen molar-refractivity contribution >= 4 is 0 Å². The molecule has 0 radical (unpaired) electrons. The number of benzene rings is 1. The largest absolute Gasteiger partial charge is 0.491 e. The minimum absolute atomic E-state index is 0.632. The van der Waals surface area contributed by atoms with Crippen molar-refractivity contribution in [1.82, 2.24) is 5.32 Å². The first-order valence-corrected chi connectivity index (χ1v) is 6.91. The van der Waals surface area contributed by atoms with Crippen LogP contribution in [-0.4, -0.2) is 32.9 Å². The second kappa shape index (κ2) is 8.11. The van der Waals surface area contributed by atoms with Crippen LogP contribution in [0.15, 0.2) is 30.3 Å². The van der Waals surface area contributed by atoms with Crippen LogP contribution in [0.3, 0.4) is 0 Å². The van der Waals surface area contributed by atoms with Crippen LogP contribution < -0.4 is 10.1 Å². The summed E-state index contributed by atoms with van der Waals surface area (Å²) in [7, 11) is 0. The Hall–Kier alpha value is -1.06. The van der Waals surface area contributed by atoms with Crippen LogP contribution >= 0.6 is 0 Å². The molecule has 3 nitrogen and oxygen atoms in total. The quantitative estimate of drug-likeness (QED) is 0.753. The molecule has 0 aliphatic carbocycles. The maximum atomic E-state index is 5.61. The fourth-order valence-electron chi connectivity index (χ4n) is 2.26. The number of piperidine rings is 1. The molecular formula is C15H23NO2. The average molecular weight is 249 g/mol. The molecule has 1 aromatic carbocycles. The summed E-state index contributed by atoms with van der Waals surface area (Å²) < 4.78 is 11.2. The predicted molar refractivity (Wildman–Crippen MR) is 73.0 cm³/mol. The zero-order valence-corrected chi connectivity index (χ0v) is 10.9. The minimum Gasteiger partial charge on any atom is -0.491 e. The van der Waals surface area contributed by atoms with Crippen molar-refractivity contribution in [2.24, 2.45) is 5.92 Å². The van der Waals surface area contributed by atoms with Crippen molar-refractivity contribution in [1.29, 1.82) is 0 Å². The third kappa shape index (κ3) is 5.07. The van der Waals surface area contributed by atoms with E-state index in [0.717, 1.165) is 24.8 Å². The van der Waals surface area contributed by atoms with Crippen molar-refractivity contribution < 1.29 is 9.47 Å². The molecule has 1 aromatic rings. The van der Waals surface area contributed by atoms with Gasteiger partial charge in [-0.15, -0.1) is 0 Å². The number of nitrogens with one attached hydrogen (secondary N) is 1. The summed E-state index contributed by atoms with van der Waals surface area (Å²) in [6, 6.07) is 9.88. The van der Waals surface area contributed by atoms with Crippen molar-refractivity contribution in [3.8, 4) is 5.75 Å². The molecular weight excluding hydrogens is 226 g/mol. The van der Waals surface area contributed by atoms with Crippen LogP contribution in [0.2, 0.25) is 0 Å². The molecule has 1 saturated heterocycles. The van der Waals surface area contributed by atoms with E-state index in [9.17, 15) is 0 Å². The Bertz CT molecular complexity index is 310. The summed E-state index contributed by atoms with van der Waals surface area (Å²) in [6.07, 6.45) is 3.82. The highest BCUT2D eigenvalue weighted by Gasteiger charge is 2.11. The van der Waals surface area contributed by atoms with E-state index in [1.165, 1.54) is 25.8 Å². The normalized spacial score (nSPS) is 19.7. The van der Waals surface area contributed by atoms with Gasteiger partial charge in [0.05, 0.1) is 6.61 Å². The lowest BCUT2D eigenvalue weighted by molar-refractivity contribution is 0.0875. The summed E-state index contributed by atoms with van der Waals surface area (Å²) in [5.41, 5.74) is 0. The van der Waals surface area contributed by atoms with Gasteiger partial charge in [-0.1, -0.05) is 18.2 Å². The lowest BCUT2D eigenvalue weighted by Crippen LogP contribution is -2.30. The topological polar surface area (TPSA) is 30.5 Å². The molecule has 2 rings (SSSR count). The SMILES string of the molecule is c1ccc(OCCOCC[C@@H]2CCCNC2)cc1. The monoisotopic (exact) mass is 249 g/mol. The Kier molecular flexibility index (Phi) is 6.03. The maximum Gasteiger partial charge on any atom is 0.119 e. The highest BCUT2D eigenvalue weighted by Crippen LogP contribution is 2.13. The minimum atomic E-state index is 0.632. The Morgan fingerprint density at radius 1 is 1.11 bits per heavy atom. The van der Waals surface area contributed by atoms with Gasteiger partial charge in [0, 0.05) is 6.61 Å². The third-order valence-corrected chi connectivity index (χ3v) is 3.31. The number of hydrogen-bond donors (Lipinski definition) is 1. The highest BCUT2D eigenvalue weighted by atomic mass is 16.5. The van der Waals surface area contributed by atoms with Crippen molar-refractivity contribution in [2.45, 2.75) is 19.3 Å². The fraction of sp³-hybridized carbons (Fsp3) is 0.600. The summed E-state index contributed by atoms with van der Waals surface area (Å²) in [6.45, 7) is 4.50. The molecule has 0 saturated carbocycles. The second-order valence-corrected chi connectivity index (χ2v) is 4.77. The van der Waals surface area contributed by atoms with Gasteiger partial charge in [-0.05, 0) is 50.4 Å². The molecule has 0 bridgehead atoms. The van der Waals surface area contributed by atoms with Gasteiger partial charge in [0.25, 0.3) is 0 Å². The standard InChI is InChI=1S/C15H23NO2/c1-2-6-15(7-3-1)18-12-11-17-10-8-14-5-4-9-16-13-14/h1-3,6-7,14,16H,4-5,8-13H2/t14-/m0/s1. The van der Waals surface area contributed by atoms with Crippen molar-refractivity contribution in [3.05, 3.63) is 30.3 Å². The molecule has 1 heterocycles. The molecule has 0 spiro atoms. The van der Waals surface area contributed by atoms with E-state index >= 15 is 0 Å². The zero-order chi connectivity index (χ0) is 12.5. The zero-order valence-electron chi connectivity index (χ0n) is 10.9. The van der Waals surface area contributed by atoms with Gasteiger partial charge in [0.15, 0.2) is 0 Å². The Labute approximate surface area is 109 Å². The van der Waals surface area contributed by atoms with Gasteiger partial charge < -0.3 is 14.8 Å². The van der Waals surface area contributed by atoms with Gasteiger partial charge >= 0.3 is 0 Å². The molecule has 0 aromatic heterocycles. The van der Waals surface area contributed by atoms with Crippen LogP contribution in [-0.2, 0) is 4.74 Å². The molecule has 3 heteroatoms. The number of hydrogen-bond acceptors (Lipinski definition) is 3. The summed E-state index contributed by atoms with van der Waals surface area (Å²) >= 11 is 0. The molecule has 0 unspecified atom stereocenters. The van der Waals surface area contributed by atoms with Crippen LogP contribution in [0.4, 0.5) is 0 Å². The first kappa shape index (κ1) is 13.4. The van der Waals surface area contributed by atoms with Gasteiger partial charge in [-0.2, -0.15) is 0 Å². The van der Waals surface area contributed by atoms with E-state index < -0.39 is 0 Å². The molecule has 1 atom stereocenters. The van der Waals surface area contributed by atoms with E-state index in [2.05, 4.69) is 5.32 Å². The number of para-hydroxylation sites is 1. The molecule has 1 aliphatic rings. The van der Waals surface area contributed by atoms with Crippen LogP contribution in [0, 0.1) is 5.92 Å². The molecule has 18 heavy (non-hydrogen) atoms. The maximum absolute atomic E-state index is 5.61. The molecule has 1 fully saturated rings. The smallest absolute Gasteiger partial charge is 0.119 e. The average Bonchev–Trinajstić information content (AvgIpc) is 2.45. The van der Waals surface area contributed by atoms with Crippen LogP contribution in [0.25, 0.3) is 0 Å². The summed E-state index contributed by atoms with van der Waals surface area (Å²) in [5.74, 6) is 1.71. The first-order chi connectivity index (χ1) is 8.95. The molecule has 1 aliphatic heterocycles. The van der Waals surface area contributed by atoms with Crippen molar-refractivity contribution in [3.63, 3.8) is 0 Å². The molecule has 0 amide bonds. The highest BCUT2D eigenvalue weighted by molar-refractivity contribution is 5.20. The lowest BCUT2D eigenvalue weighted by atomic mass is 9.97. The number of ether oxygens (including phenoxy) is 2. The number of rotatable bonds is 7. The Morgan fingerprint density at radius 2 is 2.00 bits per heavy atom. The van der Waals surface area contributed by atoms with Crippen LogP contribution in [0.5, 0.6) is 5.75 Å². The van der Waals surface area contributed by atoms with E-state index in [1.807, 2.05) is 30.3 Å². The second-order valence-electron chi connectivity index (χ2n) is 4.77. The van der Waals surface area contributed by atoms with Crippen LogP contribution in [0.1, 0.15) is 19.3 Å². The Morgan fingerprint density at radius 3 is 2.78 bits per heavy atom. The predicted octanol–water partition coefficient (Wildman–Crippen LogP) is 2.47. The third-order valence-electron chi connectivity index (χ3n) is 3.31. The summed E-state index contributed by atoms with van der Waals surface area (Å²) in [4.78, 5) is 0. The van der Waals surface area contributed by atoms with E-state index in [0.29, 0.717) is 13.2 Å². The van der Waals surface area contributed by atoms with E-state index in [1.54, 1.807) is 0 Å². The summed E-state index contributed by atoms with van der Waals surface area (Å²) in [5, 5.41) is 3.43. The van der Waals surface area contributed by atoms with E-state index in [-0.39, 0.29) is 0 Å². The van der Waals surface area contributed by atoms with Gasteiger partial charge in [0.2, 0.25) is 0 Å².